The second-order valence-corrected chi connectivity index (χ2v) is 5.54. The van der Waals surface area contributed by atoms with Crippen LogP contribution < -0.4 is 0 Å². The van der Waals surface area contributed by atoms with Gasteiger partial charge in [0, 0.05) is 13.2 Å². The van der Waals surface area contributed by atoms with Crippen molar-refractivity contribution >= 4 is 0 Å². The summed E-state index contributed by atoms with van der Waals surface area (Å²) in [5.74, 6) is 1.14. The third-order valence-corrected chi connectivity index (χ3v) is 2.97. The van der Waals surface area contributed by atoms with Crippen LogP contribution in [0.3, 0.4) is 0 Å². The molecular weight excluding hydrogens is 228 g/mol. The zero-order chi connectivity index (χ0) is 13.8. The number of rotatable bonds is 12. The van der Waals surface area contributed by atoms with Crippen LogP contribution >= 0.6 is 0 Å². The van der Waals surface area contributed by atoms with Gasteiger partial charge in [-0.05, 0) is 18.3 Å². The fraction of sp³-hybridized carbons (Fsp3) is 1.00. The Hall–Kier alpha value is -0.120. The largest absolute Gasteiger partial charge is 0.388 e. The van der Waals surface area contributed by atoms with Crippen molar-refractivity contribution in [1.82, 2.24) is 0 Å². The number of hydrogen-bond donors (Lipinski definition) is 1. The predicted octanol–water partition coefficient (Wildman–Crippen LogP) is 3.25. The summed E-state index contributed by atoms with van der Waals surface area (Å²) in [4.78, 5) is 0. The van der Waals surface area contributed by atoms with Crippen LogP contribution in [-0.2, 0) is 9.47 Å². The number of aliphatic hydroxyl groups excluding tert-OH is 1. The molecule has 110 valence electrons. The molecule has 1 N–H and O–H groups in total. The summed E-state index contributed by atoms with van der Waals surface area (Å²) in [6.45, 7) is 10.8. The van der Waals surface area contributed by atoms with Crippen molar-refractivity contribution in [2.75, 3.05) is 26.4 Å². The maximum absolute atomic E-state index is 9.67. The van der Waals surface area contributed by atoms with Gasteiger partial charge in [-0.25, -0.2) is 0 Å². The summed E-state index contributed by atoms with van der Waals surface area (Å²) in [5.41, 5.74) is 0. The molecule has 2 atom stereocenters. The van der Waals surface area contributed by atoms with Crippen LogP contribution in [0, 0.1) is 11.8 Å². The Morgan fingerprint density at radius 1 is 0.944 bits per heavy atom. The van der Waals surface area contributed by atoms with Gasteiger partial charge >= 0.3 is 0 Å². The third kappa shape index (κ3) is 11.0. The lowest BCUT2D eigenvalue weighted by atomic mass is 10.0. The lowest BCUT2D eigenvalue weighted by molar-refractivity contribution is -0.0314. The molecule has 2 unspecified atom stereocenters. The average Bonchev–Trinajstić information content (AvgIpc) is 2.33. The third-order valence-electron chi connectivity index (χ3n) is 2.97. The molecule has 3 nitrogen and oxygen atoms in total. The Labute approximate surface area is 113 Å². The minimum Gasteiger partial charge on any atom is -0.388 e. The highest BCUT2D eigenvalue weighted by Gasteiger charge is 2.09. The van der Waals surface area contributed by atoms with Crippen LogP contribution in [0.25, 0.3) is 0 Å². The first-order valence-electron chi connectivity index (χ1n) is 7.43. The maximum atomic E-state index is 9.67. The van der Waals surface area contributed by atoms with Crippen LogP contribution in [0.15, 0.2) is 0 Å². The van der Waals surface area contributed by atoms with E-state index in [1.165, 1.54) is 19.3 Å². The molecule has 0 saturated carbocycles. The lowest BCUT2D eigenvalue weighted by Crippen LogP contribution is -2.24. The smallest absolute Gasteiger partial charge is 0.101 e. The van der Waals surface area contributed by atoms with Crippen LogP contribution in [0.5, 0.6) is 0 Å². The van der Waals surface area contributed by atoms with Gasteiger partial charge in [-0.2, -0.15) is 0 Å². The molecule has 18 heavy (non-hydrogen) atoms. The highest BCUT2D eigenvalue weighted by atomic mass is 16.5. The van der Waals surface area contributed by atoms with Crippen molar-refractivity contribution < 1.29 is 14.6 Å². The highest BCUT2D eigenvalue weighted by molar-refractivity contribution is 4.58. The van der Waals surface area contributed by atoms with Crippen LogP contribution in [0.4, 0.5) is 0 Å². The summed E-state index contributed by atoms with van der Waals surface area (Å²) in [6, 6.07) is 0. The van der Waals surface area contributed by atoms with Gasteiger partial charge in [-0.1, -0.05) is 47.0 Å². The lowest BCUT2D eigenvalue weighted by Gasteiger charge is -2.17. The number of ether oxygens (including phenoxy) is 2. The van der Waals surface area contributed by atoms with E-state index < -0.39 is 6.10 Å². The first-order chi connectivity index (χ1) is 8.60. The molecular formula is C15H32O3. The second-order valence-electron chi connectivity index (χ2n) is 5.54. The van der Waals surface area contributed by atoms with E-state index >= 15 is 0 Å². The molecule has 0 aromatic heterocycles. The minimum absolute atomic E-state index is 0.379. The standard InChI is InChI=1S/C15H32O3/c1-5-7-8-14(6-2)10-18-12-15(16)11-17-9-13(3)4/h13-16H,5-12H2,1-4H3. The predicted molar refractivity (Wildman–Crippen MR) is 75.8 cm³/mol. The van der Waals surface area contributed by atoms with E-state index in [9.17, 15) is 5.11 Å². The molecule has 3 heteroatoms. The van der Waals surface area contributed by atoms with E-state index in [4.69, 9.17) is 9.47 Å². The van der Waals surface area contributed by atoms with E-state index in [0.29, 0.717) is 31.7 Å². The van der Waals surface area contributed by atoms with Crippen molar-refractivity contribution in [2.24, 2.45) is 11.8 Å². The SMILES string of the molecule is CCCCC(CC)COCC(O)COCC(C)C. The molecule has 0 rings (SSSR count). The first-order valence-corrected chi connectivity index (χ1v) is 7.43. The van der Waals surface area contributed by atoms with Crippen molar-refractivity contribution in [3.8, 4) is 0 Å². The first kappa shape index (κ1) is 17.9. The second kappa shape index (κ2) is 11.9. The van der Waals surface area contributed by atoms with E-state index in [-0.39, 0.29) is 0 Å². The number of unbranched alkanes of at least 4 members (excludes halogenated alkanes) is 1. The van der Waals surface area contributed by atoms with Gasteiger partial charge in [-0.15, -0.1) is 0 Å². The van der Waals surface area contributed by atoms with E-state index in [0.717, 1.165) is 13.0 Å². The fourth-order valence-electron chi connectivity index (χ4n) is 1.76. The number of hydrogen-bond acceptors (Lipinski definition) is 3. The zero-order valence-electron chi connectivity index (χ0n) is 12.7. The summed E-state index contributed by atoms with van der Waals surface area (Å²) < 4.78 is 10.9. The van der Waals surface area contributed by atoms with Gasteiger partial charge < -0.3 is 14.6 Å². The summed E-state index contributed by atoms with van der Waals surface area (Å²) in [7, 11) is 0. The molecule has 0 bridgehead atoms. The van der Waals surface area contributed by atoms with Gasteiger partial charge in [-0.3, -0.25) is 0 Å². The Morgan fingerprint density at radius 2 is 1.56 bits per heavy atom. The highest BCUT2D eigenvalue weighted by Crippen LogP contribution is 2.12. The maximum Gasteiger partial charge on any atom is 0.101 e. The van der Waals surface area contributed by atoms with E-state index in [2.05, 4.69) is 27.7 Å². The molecule has 0 aliphatic rings. The molecule has 0 radical (unpaired) electrons. The molecule has 0 aliphatic heterocycles. The molecule has 0 spiro atoms. The topological polar surface area (TPSA) is 38.7 Å². The van der Waals surface area contributed by atoms with Crippen molar-refractivity contribution in [3.63, 3.8) is 0 Å². The van der Waals surface area contributed by atoms with Crippen molar-refractivity contribution in [2.45, 2.75) is 59.5 Å². The molecule has 0 saturated heterocycles. The fourth-order valence-corrected chi connectivity index (χ4v) is 1.76. The van der Waals surface area contributed by atoms with E-state index in [1.54, 1.807) is 0 Å². The molecule has 0 fully saturated rings. The van der Waals surface area contributed by atoms with Gasteiger partial charge in [0.05, 0.1) is 13.2 Å². The van der Waals surface area contributed by atoms with Gasteiger partial charge in [0.1, 0.15) is 6.10 Å². The molecule has 0 aromatic rings. The van der Waals surface area contributed by atoms with Crippen LogP contribution in [0.2, 0.25) is 0 Å². The Morgan fingerprint density at radius 3 is 2.06 bits per heavy atom. The minimum atomic E-state index is -0.493. The van der Waals surface area contributed by atoms with Gasteiger partial charge in [0.15, 0.2) is 0 Å². The number of aliphatic hydroxyl groups is 1. The van der Waals surface area contributed by atoms with Crippen LogP contribution in [0.1, 0.15) is 53.4 Å². The molecule has 0 heterocycles. The Kier molecular flexibility index (Phi) is 11.9. The normalized spacial score (nSPS) is 15.0. The van der Waals surface area contributed by atoms with Gasteiger partial charge in [0.25, 0.3) is 0 Å². The summed E-state index contributed by atoms with van der Waals surface area (Å²) >= 11 is 0. The monoisotopic (exact) mass is 260 g/mol. The Balaban J connectivity index is 3.49. The average molecular weight is 260 g/mol. The molecule has 0 amide bonds. The van der Waals surface area contributed by atoms with Crippen molar-refractivity contribution in [1.29, 1.82) is 0 Å². The van der Waals surface area contributed by atoms with Gasteiger partial charge in [0.2, 0.25) is 0 Å². The van der Waals surface area contributed by atoms with Crippen LogP contribution in [-0.4, -0.2) is 37.6 Å². The summed E-state index contributed by atoms with van der Waals surface area (Å²) in [5, 5.41) is 9.67. The molecule has 0 aromatic carbocycles. The Bertz CT molecular complexity index is 171. The van der Waals surface area contributed by atoms with E-state index in [1.807, 2.05) is 0 Å². The van der Waals surface area contributed by atoms with Crippen molar-refractivity contribution in [3.05, 3.63) is 0 Å². The summed E-state index contributed by atoms with van der Waals surface area (Å²) in [6.07, 6.45) is 4.39. The zero-order valence-corrected chi connectivity index (χ0v) is 12.7. The molecule has 0 aliphatic carbocycles. The quantitative estimate of drug-likeness (QED) is 0.585.